The molecule has 0 aliphatic heterocycles. The van der Waals surface area contributed by atoms with Crippen molar-refractivity contribution in [2.75, 3.05) is 6.54 Å². The van der Waals surface area contributed by atoms with E-state index in [9.17, 15) is 0 Å². The quantitative estimate of drug-likeness (QED) is 0.683. The van der Waals surface area contributed by atoms with E-state index in [1.807, 2.05) is 12.5 Å². The Labute approximate surface area is 118 Å². The van der Waals surface area contributed by atoms with Crippen LogP contribution in [0.25, 0.3) is 0 Å². The van der Waals surface area contributed by atoms with Gasteiger partial charge in [-0.3, -0.25) is 0 Å². The molecule has 3 heteroatoms. The van der Waals surface area contributed by atoms with Crippen molar-refractivity contribution in [3.05, 3.63) is 18.2 Å². The van der Waals surface area contributed by atoms with Gasteiger partial charge >= 0.3 is 0 Å². The van der Waals surface area contributed by atoms with Gasteiger partial charge < -0.3 is 10.3 Å². The average Bonchev–Trinajstić information content (AvgIpc) is 2.84. The second-order valence-corrected chi connectivity index (χ2v) is 6.01. The van der Waals surface area contributed by atoms with Crippen LogP contribution >= 0.6 is 0 Å². The standard InChI is InChI=1S/C16H31N3/c1-5-6-7-8-9-14(4)19-12-18-11-16(19)15(10-17)13(2)3/h11-15H,5-10,17H2,1-4H3. The molecule has 0 aliphatic rings. The molecule has 2 N–H and O–H groups in total. The number of rotatable bonds is 9. The molecule has 2 unspecified atom stereocenters. The van der Waals surface area contributed by atoms with Gasteiger partial charge in [0.1, 0.15) is 0 Å². The molecule has 0 aliphatic carbocycles. The molecule has 1 aromatic heterocycles. The highest BCUT2D eigenvalue weighted by Crippen LogP contribution is 2.27. The predicted octanol–water partition coefficient (Wildman–Crippen LogP) is 4.11. The summed E-state index contributed by atoms with van der Waals surface area (Å²) in [6.07, 6.45) is 10.5. The zero-order valence-corrected chi connectivity index (χ0v) is 13.1. The highest BCUT2D eigenvalue weighted by Gasteiger charge is 2.20. The molecule has 110 valence electrons. The number of unbranched alkanes of at least 4 members (excludes halogenated alkanes) is 3. The summed E-state index contributed by atoms with van der Waals surface area (Å²) in [6.45, 7) is 9.73. The molecule has 0 saturated carbocycles. The van der Waals surface area contributed by atoms with Crippen molar-refractivity contribution in [2.24, 2.45) is 11.7 Å². The molecule has 0 saturated heterocycles. The van der Waals surface area contributed by atoms with Gasteiger partial charge in [0.15, 0.2) is 0 Å². The zero-order valence-electron chi connectivity index (χ0n) is 13.1. The lowest BCUT2D eigenvalue weighted by molar-refractivity contribution is 0.419. The number of imidazole rings is 1. The Balaban J connectivity index is 2.65. The molecule has 0 amide bonds. The molecule has 0 fully saturated rings. The molecule has 0 bridgehead atoms. The minimum Gasteiger partial charge on any atom is -0.331 e. The van der Waals surface area contributed by atoms with Gasteiger partial charge in [0.25, 0.3) is 0 Å². The van der Waals surface area contributed by atoms with E-state index in [4.69, 9.17) is 5.73 Å². The normalized spacial score (nSPS) is 14.8. The van der Waals surface area contributed by atoms with Crippen LogP contribution in [0.4, 0.5) is 0 Å². The van der Waals surface area contributed by atoms with Crippen LogP contribution in [0.3, 0.4) is 0 Å². The Morgan fingerprint density at radius 2 is 1.95 bits per heavy atom. The number of hydrogen-bond donors (Lipinski definition) is 1. The van der Waals surface area contributed by atoms with Gasteiger partial charge in [-0.25, -0.2) is 4.98 Å². The first kappa shape index (κ1) is 16.2. The molecule has 1 rings (SSSR count). The zero-order chi connectivity index (χ0) is 14.3. The van der Waals surface area contributed by atoms with Crippen LogP contribution in [0, 0.1) is 5.92 Å². The van der Waals surface area contributed by atoms with Crippen LogP contribution in [-0.4, -0.2) is 16.1 Å². The van der Waals surface area contributed by atoms with Gasteiger partial charge in [0.05, 0.1) is 6.33 Å². The highest BCUT2D eigenvalue weighted by molar-refractivity contribution is 5.09. The summed E-state index contributed by atoms with van der Waals surface area (Å²) in [4.78, 5) is 4.35. The fourth-order valence-electron chi connectivity index (χ4n) is 2.71. The van der Waals surface area contributed by atoms with Gasteiger partial charge in [-0.05, 0) is 19.3 Å². The lowest BCUT2D eigenvalue weighted by atomic mass is 9.92. The highest BCUT2D eigenvalue weighted by atomic mass is 15.1. The Bertz CT molecular complexity index is 344. The minimum absolute atomic E-state index is 0.417. The van der Waals surface area contributed by atoms with Crippen molar-refractivity contribution in [1.29, 1.82) is 0 Å². The van der Waals surface area contributed by atoms with Crippen molar-refractivity contribution in [1.82, 2.24) is 9.55 Å². The fourth-order valence-corrected chi connectivity index (χ4v) is 2.71. The predicted molar refractivity (Wildman–Crippen MR) is 82.3 cm³/mol. The Morgan fingerprint density at radius 1 is 1.21 bits per heavy atom. The number of aromatic nitrogens is 2. The van der Waals surface area contributed by atoms with Gasteiger partial charge in [-0.2, -0.15) is 0 Å². The Hall–Kier alpha value is -0.830. The van der Waals surface area contributed by atoms with Crippen LogP contribution in [0.15, 0.2) is 12.5 Å². The Kier molecular flexibility index (Phi) is 7.14. The number of nitrogens with zero attached hydrogens (tertiary/aromatic N) is 2. The van der Waals surface area contributed by atoms with Crippen LogP contribution < -0.4 is 5.73 Å². The van der Waals surface area contributed by atoms with Crippen LogP contribution in [0.1, 0.15) is 77.5 Å². The van der Waals surface area contributed by atoms with Crippen LogP contribution in [0.2, 0.25) is 0 Å². The minimum atomic E-state index is 0.417. The molecule has 3 nitrogen and oxygen atoms in total. The van der Waals surface area contributed by atoms with Crippen LogP contribution in [-0.2, 0) is 0 Å². The van der Waals surface area contributed by atoms with Gasteiger partial charge in [0, 0.05) is 30.4 Å². The summed E-state index contributed by atoms with van der Waals surface area (Å²) in [6, 6.07) is 0.530. The third-order valence-corrected chi connectivity index (χ3v) is 4.08. The Morgan fingerprint density at radius 3 is 2.53 bits per heavy atom. The molecule has 0 aromatic carbocycles. The van der Waals surface area contributed by atoms with Gasteiger partial charge in [-0.1, -0.05) is 46.5 Å². The van der Waals surface area contributed by atoms with Crippen molar-refractivity contribution in [3.8, 4) is 0 Å². The maximum absolute atomic E-state index is 5.93. The lowest BCUT2D eigenvalue weighted by Gasteiger charge is -2.24. The maximum atomic E-state index is 5.93. The van der Waals surface area contributed by atoms with Crippen molar-refractivity contribution in [2.45, 2.75) is 71.8 Å². The lowest BCUT2D eigenvalue weighted by Crippen LogP contribution is -2.22. The molecule has 1 heterocycles. The fraction of sp³-hybridized carbons (Fsp3) is 0.812. The molecule has 0 spiro atoms. The van der Waals surface area contributed by atoms with E-state index < -0.39 is 0 Å². The summed E-state index contributed by atoms with van der Waals surface area (Å²) in [5.41, 5.74) is 7.24. The van der Waals surface area contributed by atoms with E-state index in [0.29, 0.717) is 24.4 Å². The molecule has 1 aromatic rings. The van der Waals surface area contributed by atoms with Crippen molar-refractivity contribution in [3.63, 3.8) is 0 Å². The molecular formula is C16H31N3. The first-order chi connectivity index (χ1) is 9.11. The van der Waals surface area contributed by atoms with Crippen LogP contribution in [0.5, 0.6) is 0 Å². The summed E-state index contributed by atoms with van der Waals surface area (Å²) >= 11 is 0. The monoisotopic (exact) mass is 265 g/mol. The molecule has 2 atom stereocenters. The third-order valence-electron chi connectivity index (χ3n) is 4.08. The third kappa shape index (κ3) is 4.64. The largest absolute Gasteiger partial charge is 0.331 e. The summed E-state index contributed by atoms with van der Waals surface area (Å²) in [5, 5.41) is 0. The van der Waals surface area contributed by atoms with Gasteiger partial charge in [-0.15, -0.1) is 0 Å². The second-order valence-electron chi connectivity index (χ2n) is 6.01. The van der Waals surface area contributed by atoms with E-state index in [1.54, 1.807) is 0 Å². The van der Waals surface area contributed by atoms with Crippen molar-refractivity contribution < 1.29 is 0 Å². The molecule has 0 radical (unpaired) electrons. The van der Waals surface area contributed by atoms with E-state index in [0.717, 1.165) is 0 Å². The van der Waals surface area contributed by atoms with E-state index in [2.05, 4.69) is 37.2 Å². The van der Waals surface area contributed by atoms with Crippen molar-refractivity contribution >= 4 is 0 Å². The van der Waals surface area contributed by atoms with Gasteiger partial charge in [0.2, 0.25) is 0 Å². The topological polar surface area (TPSA) is 43.8 Å². The molecular weight excluding hydrogens is 234 g/mol. The smallest absolute Gasteiger partial charge is 0.0950 e. The number of hydrogen-bond acceptors (Lipinski definition) is 2. The van der Waals surface area contributed by atoms with E-state index in [1.165, 1.54) is 37.8 Å². The van der Waals surface area contributed by atoms with E-state index in [-0.39, 0.29) is 0 Å². The summed E-state index contributed by atoms with van der Waals surface area (Å²) in [5.74, 6) is 0.980. The summed E-state index contributed by atoms with van der Waals surface area (Å²) < 4.78 is 2.34. The maximum Gasteiger partial charge on any atom is 0.0950 e. The SMILES string of the molecule is CCCCCCC(C)n1cncc1C(CN)C(C)C. The average molecular weight is 265 g/mol. The second kappa shape index (κ2) is 8.36. The number of nitrogens with two attached hydrogens (primary N) is 1. The van der Waals surface area contributed by atoms with E-state index >= 15 is 0 Å². The summed E-state index contributed by atoms with van der Waals surface area (Å²) in [7, 11) is 0. The molecule has 19 heavy (non-hydrogen) atoms. The first-order valence-corrected chi connectivity index (χ1v) is 7.83. The first-order valence-electron chi connectivity index (χ1n) is 7.83.